The highest BCUT2D eigenvalue weighted by molar-refractivity contribution is 5.76. The SMILES string of the molecule is C[C@H](OC(=O)N1CCN(c2cnn3cc(-c4cnn(C)c4)ccc23)CC1)c1ccccc1. The molecule has 0 aliphatic carbocycles. The van der Waals surface area contributed by atoms with Crippen LogP contribution in [-0.4, -0.2) is 56.6 Å². The summed E-state index contributed by atoms with van der Waals surface area (Å²) in [7, 11) is 1.91. The van der Waals surface area contributed by atoms with E-state index in [9.17, 15) is 4.79 Å². The maximum Gasteiger partial charge on any atom is 0.410 e. The van der Waals surface area contributed by atoms with Crippen LogP contribution in [0.1, 0.15) is 18.6 Å². The summed E-state index contributed by atoms with van der Waals surface area (Å²) in [6.07, 6.45) is 7.23. The van der Waals surface area contributed by atoms with Crippen molar-refractivity contribution in [2.75, 3.05) is 31.1 Å². The molecular formula is C24H26N6O2. The van der Waals surface area contributed by atoms with Gasteiger partial charge in [0, 0.05) is 56.7 Å². The lowest BCUT2D eigenvalue weighted by Crippen LogP contribution is -2.49. The Morgan fingerprint density at radius 3 is 2.44 bits per heavy atom. The van der Waals surface area contributed by atoms with E-state index in [1.165, 1.54) is 0 Å². The second-order valence-electron chi connectivity index (χ2n) is 8.09. The number of hydrogen-bond acceptors (Lipinski definition) is 5. The number of nitrogens with zero attached hydrogens (tertiary/aromatic N) is 6. The molecule has 1 aliphatic rings. The Morgan fingerprint density at radius 1 is 0.938 bits per heavy atom. The zero-order chi connectivity index (χ0) is 22.1. The Hall–Kier alpha value is -3.81. The minimum atomic E-state index is -0.268. The molecule has 1 aromatic carbocycles. The summed E-state index contributed by atoms with van der Waals surface area (Å²) >= 11 is 0. The van der Waals surface area contributed by atoms with Crippen LogP contribution in [0.2, 0.25) is 0 Å². The highest BCUT2D eigenvalue weighted by Gasteiger charge is 2.25. The van der Waals surface area contributed by atoms with Gasteiger partial charge in [0.15, 0.2) is 0 Å². The smallest absolute Gasteiger partial charge is 0.410 e. The zero-order valence-corrected chi connectivity index (χ0v) is 18.3. The van der Waals surface area contributed by atoms with Crippen LogP contribution in [0.15, 0.2) is 67.3 Å². The van der Waals surface area contributed by atoms with E-state index in [0.717, 1.165) is 41.0 Å². The molecule has 0 spiro atoms. The first-order valence-corrected chi connectivity index (χ1v) is 10.8. The van der Waals surface area contributed by atoms with E-state index in [4.69, 9.17) is 4.74 Å². The van der Waals surface area contributed by atoms with Crippen LogP contribution >= 0.6 is 0 Å². The molecule has 0 bridgehead atoms. The predicted molar refractivity (Wildman–Crippen MR) is 123 cm³/mol. The van der Waals surface area contributed by atoms with Crippen LogP contribution in [0.5, 0.6) is 0 Å². The number of aryl methyl sites for hydroxylation is 1. The van der Waals surface area contributed by atoms with Gasteiger partial charge in [-0.1, -0.05) is 36.4 Å². The van der Waals surface area contributed by atoms with Crippen LogP contribution < -0.4 is 4.90 Å². The van der Waals surface area contributed by atoms with Crippen LogP contribution in [0.3, 0.4) is 0 Å². The highest BCUT2D eigenvalue weighted by Crippen LogP contribution is 2.26. The molecule has 0 unspecified atom stereocenters. The van der Waals surface area contributed by atoms with E-state index in [1.807, 2.05) is 73.6 Å². The zero-order valence-electron chi connectivity index (χ0n) is 18.3. The average Bonchev–Trinajstić information content (AvgIpc) is 3.45. The first-order chi connectivity index (χ1) is 15.6. The molecule has 0 N–H and O–H groups in total. The third kappa shape index (κ3) is 3.91. The average molecular weight is 431 g/mol. The van der Waals surface area contributed by atoms with Gasteiger partial charge < -0.3 is 14.5 Å². The Labute approximate surface area is 186 Å². The van der Waals surface area contributed by atoms with Crippen molar-refractivity contribution in [3.63, 3.8) is 0 Å². The van der Waals surface area contributed by atoms with Gasteiger partial charge in [0.05, 0.1) is 23.6 Å². The van der Waals surface area contributed by atoms with E-state index in [-0.39, 0.29) is 12.2 Å². The summed E-state index contributed by atoms with van der Waals surface area (Å²) in [4.78, 5) is 16.7. The molecule has 0 saturated carbocycles. The summed E-state index contributed by atoms with van der Waals surface area (Å²) in [5.41, 5.74) is 5.25. The van der Waals surface area contributed by atoms with E-state index in [1.54, 1.807) is 9.58 Å². The number of carbonyl (C=O) groups excluding carboxylic acids is 1. The second-order valence-corrected chi connectivity index (χ2v) is 8.09. The number of aromatic nitrogens is 4. The number of amides is 1. The number of hydrogen-bond donors (Lipinski definition) is 0. The predicted octanol–water partition coefficient (Wildman–Crippen LogP) is 3.75. The minimum absolute atomic E-state index is 0.262. The standard InChI is InChI=1S/C24H26N6O2/c1-18(19-6-4-3-5-7-19)32-24(31)29-12-10-28(11-13-29)23-15-26-30-17-20(8-9-22(23)30)21-14-25-27(2)16-21/h3-9,14-18H,10-13H2,1-2H3/t18-/m0/s1. The van der Waals surface area contributed by atoms with Gasteiger partial charge in [0.2, 0.25) is 0 Å². The summed E-state index contributed by atoms with van der Waals surface area (Å²) < 4.78 is 9.37. The number of carbonyl (C=O) groups is 1. The van der Waals surface area contributed by atoms with Gasteiger partial charge in [-0.05, 0) is 18.6 Å². The molecule has 1 aliphatic heterocycles. The molecule has 1 atom stereocenters. The molecule has 1 saturated heterocycles. The third-order valence-corrected chi connectivity index (χ3v) is 5.96. The molecule has 1 amide bonds. The van der Waals surface area contributed by atoms with Crippen LogP contribution in [-0.2, 0) is 11.8 Å². The lowest BCUT2D eigenvalue weighted by molar-refractivity contribution is 0.0681. The van der Waals surface area contributed by atoms with Gasteiger partial charge in [-0.25, -0.2) is 9.31 Å². The Bertz CT molecular complexity index is 1220. The van der Waals surface area contributed by atoms with Crippen LogP contribution in [0, 0.1) is 0 Å². The third-order valence-electron chi connectivity index (χ3n) is 5.96. The Morgan fingerprint density at radius 2 is 1.72 bits per heavy atom. The van der Waals surface area contributed by atoms with Gasteiger partial charge in [-0.3, -0.25) is 4.68 Å². The largest absolute Gasteiger partial charge is 0.442 e. The summed E-state index contributed by atoms with van der Waals surface area (Å²) in [6.45, 7) is 4.61. The number of rotatable bonds is 4. The van der Waals surface area contributed by atoms with Crippen molar-refractivity contribution in [2.45, 2.75) is 13.0 Å². The molecular weight excluding hydrogens is 404 g/mol. The number of pyridine rings is 1. The fourth-order valence-corrected chi connectivity index (χ4v) is 4.10. The Kier molecular flexibility index (Phi) is 5.26. The second kappa shape index (κ2) is 8.37. The number of ether oxygens (including phenoxy) is 1. The maximum absolute atomic E-state index is 12.6. The highest BCUT2D eigenvalue weighted by atomic mass is 16.6. The molecule has 3 aromatic heterocycles. The van der Waals surface area contributed by atoms with E-state index >= 15 is 0 Å². The lowest BCUT2D eigenvalue weighted by atomic mass is 10.1. The van der Waals surface area contributed by atoms with Gasteiger partial charge >= 0.3 is 6.09 Å². The molecule has 0 radical (unpaired) electrons. The van der Waals surface area contributed by atoms with Crippen molar-refractivity contribution < 1.29 is 9.53 Å². The number of anilines is 1. The molecule has 1 fully saturated rings. The first-order valence-electron chi connectivity index (χ1n) is 10.8. The topological polar surface area (TPSA) is 67.9 Å². The summed E-state index contributed by atoms with van der Waals surface area (Å²) in [5, 5.41) is 8.80. The van der Waals surface area contributed by atoms with Gasteiger partial charge in [0.25, 0.3) is 0 Å². The minimum Gasteiger partial charge on any atom is -0.442 e. The quantitative estimate of drug-likeness (QED) is 0.493. The van der Waals surface area contributed by atoms with E-state index < -0.39 is 0 Å². The van der Waals surface area contributed by atoms with Gasteiger partial charge in [-0.15, -0.1) is 0 Å². The normalized spacial score (nSPS) is 15.2. The molecule has 164 valence electrons. The monoisotopic (exact) mass is 430 g/mol. The van der Waals surface area contributed by atoms with Crippen molar-refractivity contribution >= 4 is 17.3 Å². The van der Waals surface area contributed by atoms with Crippen LogP contribution in [0.25, 0.3) is 16.6 Å². The molecule has 5 rings (SSSR count). The van der Waals surface area contributed by atoms with E-state index in [2.05, 4.69) is 27.2 Å². The molecule has 4 heterocycles. The van der Waals surface area contributed by atoms with Gasteiger partial charge in [-0.2, -0.15) is 10.2 Å². The van der Waals surface area contributed by atoms with Crippen molar-refractivity contribution in [2.24, 2.45) is 7.05 Å². The van der Waals surface area contributed by atoms with Crippen LogP contribution in [0.4, 0.5) is 10.5 Å². The van der Waals surface area contributed by atoms with Gasteiger partial charge in [0.1, 0.15) is 6.10 Å². The fourth-order valence-electron chi connectivity index (χ4n) is 4.10. The Balaban J connectivity index is 1.23. The lowest BCUT2D eigenvalue weighted by Gasteiger charge is -2.35. The summed E-state index contributed by atoms with van der Waals surface area (Å²) in [6, 6.07) is 14.0. The number of piperazine rings is 1. The first kappa shape index (κ1) is 20.1. The van der Waals surface area contributed by atoms with E-state index in [0.29, 0.717) is 13.1 Å². The van der Waals surface area contributed by atoms with Crippen molar-refractivity contribution in [1.29, 1.82) is 0 Å². The summed E-state index contributed by atoms with van der Waals surface area (Å²) in [5.74, 6) is 0. The molecule has 8 nitrogen and oxygen atoms in total. The van der Waals surface area contributed by atoms with Crippen molar-refractivity contribution in [3.05, 3.63) is 72.8 Å². The molecule has 4 aromatic rings. The maximum atomic E-state index is 12.6. The number of fused-ring (bicyclic) bond motifs is 1. The van der Waals surface area contributed by atoms with Crippen molar-refractivity contribution in [3.8, 4) is 11.1 Å². The fraction of sp³-hybridized carbons (Fsp3) is 0.292. The molecule has 32 heavy (non-hydrogen) atoms. The van der Waals surface area contributed by atoms with Crippen molar-refractivity contribution in [1.82, 2.24) is 24.3 Å². The number of benzene rings is 1. The molecule has 8 heteroatoms.